The smallest absolute Gasteiger partial charge is 0.322 e. The number of hydrogen-bond donors (Lipinski definition) is 1. The highest BCUT2D eigenvalue weighted by molar-refractivity contribution is 5.80. The molecule has 21 heavy (non-hydrogen) atoms. The number of hydrogen-bond acceptors (Lipinski definition) is 4. The van der Waals surface area contributed by atoms with Crippen LogP contribution in [0.3, 0.4) is 0 Å². The molecule has 0 spiro atoms. The zero-order valence-corrected chi connectivity index (χ0v) is 12.2. The van der Waals surface area contributed by atoms with Gasteiger partial charge in [-0.1, -0.05) is 6.92 Å². The van der Waals surface area contributed by atoms with Crippen molar-refractivity contribution >= 4 is 11.0 Å². The maximum absolute atomic E-state index is 12.0. The number of aryl methyl sites for hydroxylation is 3. The fraction of sp³-hybridized carbons (Fsp3) is 0.333. The van der Waals surface area contributed by atoms with Gasteiger partial charge in [-0.15, -0.1) is 0 Å². The van der Waals surface area contributed by atoms with Crippen molar-refractivity contribution in [2.45, 2.75) is 33.7 Å². The molecule has 0 fully saturated rings. The second kappa shape index (κ2) is 4.80. The Labute approximate surface area is 120 Å². The zero-order valence-electron chi connectivity index (χ0n) is 12.2. The Morgan fingerprint density at radius 2 is 1.86 bits per heavy atom. The van der Waals surface area contributed by atoms with Gasteiger partial charge in [0.25, 0.3) is 5.56 Å². The first kappa shape index (κ1) is 13.5. The second-order valence-corrected chi connectivity index (χ2v) is 5.23. The van der Waals surface area contributed by atoms with Gasteiger partial charge >= 0.3 is 5.69 Å². The number of nitrogens with zero attached hydrogens (tertiary/aromatic N) is 3. The molecule has 0 amide bonds. The molecule has 0 atom stereocenters. The minimum absolute atomic E-state index is 0.207. The molecule has 1 aromatic carbocycles. The third-order valence-corrected chi connectivity index (χ3v) is 3.67. The van der Waals surface area contributed by atoms with Crippen LogP contribution in [0.2, 0.25) is 0 Å². The number of aromatic nitrogens is 4. The van der Waals surface area contributed by atoms with Crippen LogP contribution < -0.4 is 11.2 Å². The number of rotatable bonds is 2. The van der Waals surface area contributed by atoms with Gasteiger partial charge in [0.05, 0.1) is 11.0 Å². The third-order valence-electron chi connectivity index (χ3n) is 3.67. The molecule has 0 aliphatic carbocycles. The van der Waals surface area contributed by atoms with E-state index in [-0.39, 0.29) is 5.69 Å². The lowest BCUT2D eigenvalue weighted by molar-refractivity contribution is 0.684. The lowest BCUT2D eigenvalue weighted by atomic mass is 10.1. The van der Waals surface area contributed by atoms with Gasteiger partial charge in [0, 0.05) is 6.54 Å². The molecule has 2 aliphatic heterocycles. The summed E-state index contributed by atoms with van der Waals surface area (Å²) in [5.41, 5.74) is 2.97. The molecule has 0 aromatic heterocycles. The van der Waals surface area contributed by atoms with Crippen LogP contribution >= 0.6 is 0 Å². The Morgan fingerprint density at radius 1 is 1.14 bits per heavy atom. The Kier molecular flexibility index (Phi) is 3.08. The fourth-order valence-electron chi connectivity index (χ4n) is 2.50. The molecule has 6 heteroatoms. The van der Waals surface area contributed by atoms with Gasteiger partial charge in [-0.2, -0.15) is 4.98 Å². The Balaban J connectivity index is 2.55. The van der Waals surface area contributed by atoms with Crippen LogP contribution in [0, 0.1) is 13.8 Å². The van der Waals surface area contributed by atoms with E-state index in [1.54, 1.807) is 0 Å². The van der Waals surface area contributed by atoms with Crippen molar-refractivity contribution < 1.29 is 0 Å². The van der Waals surface area contributed by atoms with Gasteiger partial charge in [0.15, 0.2) is 11.5 Å². The molecule has 0 unspecified atom stereocenters. The zero-order chi connectivity index (χ0) is 15.1. The number of aromatic amines is 1. The van der Waals surface area contributed by atoms with Gasteiger partial charge < -0.3 is 4.57 Å². The maximum atomic E-state index is 12.0. The fourth-order valence-corrected chi connectivity index (χ4v) is 2.50. The van der Waals surface area contributed by atoms with E-state index in [2.05, 4.69) is 15.0 Å². The van der Waals surface area contributed by atoms with E-state index in [1.807, 2.05) is 37.5 Å². The summed E-state index contributed by atoms with van der Waals surface area (Å²) < 4.78 is 1.90. The monoisotopic (exact) mass is 284 g/mol. The minimum atomic E-state index is -0.637. The second-order valence-electron chi connectivity index (χ2n) is 5.23. The molecule has 2 heterocycles. The van der Waals surface area contributed by atoms with Crippen molar-refractivity contribution in [3.8, 4) is 11.5 Å². The SMILES string of the molecule is CCCn1c2nc(=O)[nH]c(=O)c-2nc2cc(C)c(C)cc21. The highest BCUT2D eigenvalue weighted by Crippen LogP contribution is 2.23. The summed E-state index contributed by atoms with van der Waals surface area (Å²) in [6.45, 7) is 6.75. The molecule has 0 radical (unpaired) electrons. The predicted molar refractivity (Wildman–Crippen MR) is 80.8 cm³/mol. The van der Waals surface area contributed by atoms with Gasteiger partial charge in [-0.05, 0) is 43.5 Å². The number of fused-ring (bicyclic) bond motifs is 2. The first-order valence-electron chi connectivity index (χ1n) is 6.93. The highest BCUT2D eigenvalue weighted by atomic mass is 16.2. The van der Waals surface area contributed by atoms with Crippen LogP contribution in [0.5, 0.6) is 0 Å². The van der Waals surface area contributed by atoms with Crippen LogP contribution in [-0.4, -0.2) is 19.5 Å². The van der Waals surface area contributed by atoms with E-state index in [1.165, 1.54) is 0 Å². The van der Waals surface area contributed by atoms with E-state index in [9.17, 15) is 9.59 Å². The van der Waals surface area contributed by atoms with Crippen molar-refractivity contribution in [3.05, 3.63) is 44.1 Å². The predicted octanol–water partition coefficient (Wildman–Crippen LogP) is 1.61. The van der Waals surface area contributed by atoms with Crippen LogP contribution in [0.1, 0.15) is 24.5 Å². The molecule has 0 bridgehead atoms. The van der Waals surface area contributed by atoms with Crippen LogP contribution in [0.25, 0.3) is 22.6 Å². The van der Waals surface area contributed by atoms with Gasteiger partial charge in [-0.3, -0.25) is 9.78 Å². The summed E-state index contributed by atoms with van der Waals surface area (Å²) in [7, 11) is 0. The number of benzene rings is 1. The molecule has 2 aliphatic rings. The molecule has 3 rings (SSSR count). The Hall–Kier alpha value is -2.50. The lowest BCUT2D eigenvalue weighted by Crippen LogP contribution is -2.28. The van der Waals surface area contributed by atoms with E-state index in [0.717, 1.165) is 28.6 Å². The minimum Gasteiger partial charge on any atom is -0.322 e. The summed E-state index contributed by atoms with van der Waals surface area (Å²) in [6, 6.07) is 3.99. The molecule has 1 aromatic rings. The molecule has 108 valence electrons. The molecule has 1 N–H and O–H groups in total. The van der Waals surface area contributed by atoms with E-state index in [4.69, 9.17) is 0 Å². The topological polar surface area (TPSA) is 80.6 Å². The maximum Gasteiger partial charge on any atom is 0.349 e. The van der Waals surface area contributed by atoms with Crippen molar-refractivity contribution in [2.24, 2.45) is 0 Å². The normalized spacial score (nSPS) is 11.4. The number of nitrogens with one attached hydrogen (secondary N) is 1. The lowest BCUT2D eigenvalue weighted by Gasteiger charge is -2.17. The van der Waals surface area contributed by atoms with Crippen LogP contribution in [0.4, 0.5) is 0 Å². The largest absolute Gasteiger partial charge is 0.349 e. The summed E-state index contributed by atoms with van der Waals surface area (Å²) >= 11 is 0. The Morgan fingerprint density at radius 3 is 2.57 bits per heavy atom. The summed E-state index contributed by atoms with van der Waals surface area (Å²) in [4.78, 5) is 34.0. The third kappa shape index (κ3) is 2.12. The average molecular weight is 284 g/mol. The van der Waals surface area contributed by atoms with Crippen LogP contribution in [-0.2, 0) is 6.54 Å². The molecular weight excluding hydrogens is 268 g/mol. The standard InChI is InChI=1S/C15H16N4O2/c1-4-5-19-11-7-9(3)8(2)6-10(11)16-12-13(19)17-15(21)18-14(12)20/h6-7H,4-5H2,1-3H3,(H,18,20,21). The van der Waals surface area contributed by atoms with Crippen molar-refractivity contribution in [1.29, 1.82) is 0 Å². The van der Waals surface area contributed by atoms with Crippen molar-refractivity contribution in [3.63, 3.8) is 0 Å². The first-order valence-corrected chi connectivity index (χ1v) is 6.93. The quantitative estimate of drug-likeness (QED) is 0.725. The molecular formula is C15H16N4O2. The van der Waals surface area contributed by atoms with E-state index >= 15 is 0 Å². The van der Waals surface area contributed by atoms with Gasteiger partial charge in [0.1, 0.15) is 0 Å². The molecule has 0 saturated carbocycles. The van der Waals surface area contributed by atoms with Gasteiger partial charge in [0.2, 0.25) is 0 Å². The van der Waals surface area contributed by atoms with Crippen molar-refractivity contribution in [1.82, 2.24) is 19.5 Å². The average Bonchev–Trinajstić information content (AvgIpc) is 2.42. The van der Waals surface area contributed by atoms with Crippen LogP contribution in [0.15, 0.2) is 21.7 Å². The first-order chi connectivity index (χ1) is 10.0. The van der Waals surface area contributed by atoms with E-state index < -0.39 is 11.2 Å². The summed E-state index contributed by atoms with van der Waals surface area (Å²) in [6.07, 6.45) is 0.870. The molecule has 0 saturated heterocycles. The summed E-state index contributed by atoms with van der Waals surface area (Å²) in [5, 5.41) is 0. The van der Waals surface area contributed by atoms with Gasteiger partial charge in [-0.25, -0.2) is 9.78 Å². The Bertz CT molecular complexity index is 923. The molecule has 6 nitrogen and oxygen atoms in total. The summed E-state index contributed by atoms with van der Waals surface area (Å²) in [5.74, 6) is 0.348. The van der Waals surface area contributed by atoms with Crippen molar-refractivity contribution in [2.75, 3.05) is 0 Å². The number of H-pyrrole nitrogens is 1. The van der Waals surface area contributed by atoms with E-state index in [0.29, 0.717) is 12.4 Å². The highest BCUT2D eigenvalue weighted by Gasteiger charge is 2.18.